The Morgan fingerprint density at radius 1 is 0.833 bits per heavy atom. The zero-order valence-corrected chi connectivity index (χ0v) is 25.7. The summed E-state index contributed by atoms with van der Waals surface area (Å²) in [5.41, 5.74) is 1.36. The van der Waals surface area contributed by atoms with Gasteiger partial charge in [-0.3, -0.25) is 13.8 Å². The van der Waals surface area contributed by atoms with Gasteiger partial charge in [0.2, 0.25) is 5.91 Å². The van der Waals surface area contributed by atoms with Crippen molar-refractivity contribution in [3.05, 3.63) is 107 Å². The van der Waals surface area contributed by atoms with E-state index in [-0.39, 0.29) is 33.5 Å². The van der Waals surface area contributed by atoms with Crippen molar-refractivity contribution >= 4 is 66.2 Å². The molecule has 220 valence electrons. The van der Waals surface area contributed by atoms with E-state index < -0.39 is 32.5 Å². The van der Waals surface area contributed by atoms with E-state index in [0.29, 0.717) is 21.3 Å². The fourth-order valence-corrected chi connectivity index (χ4v) is 6.80. The van der Waals surface area contributed by atoms with Crippen LogP contribution in [0, 0.1) is 6.92 Å². The molecule has 0 aromatic heterocycles. The molecule has 0 aliphatic heterocycles. The maximum Gasteiger partial charge on any atom is 0.264 e. The Morgan fingerprint density at radius 3 is 2.14 bits per heavy atom. The van der Waals surface area contributed by atoms with Crippen molar-refractivity contribution in [3.8, 4) is 5.75 Å². The lowest BCUT2D eigenvalue weighted by Gasteiger charge is -2.26. The monoisotopic (exact) mass is 647 g/mol. The highest BCUT2D eigenvalue weighted by molar-refractivity contribution is 7.93. The van der Waals surface area contributed by atoms with Gasteiger partial charge in [-0.25, -0.2) is 16.8 Å². The van der Waals surface area contributed by atoms with E-state index >= 15 is 0 Å². The molecule has 0 spiro atoms. The van der Waals surface area contributed by atoms with Gasteiger partial charge in [-0.1, -0.05) is 41.4 Å². The third kappa shape index (κ3) is 7.16. The van der Waals surface area contributed by atoms with Crippen LogP contribution in [0.2, 0.25) is 10.0 Å². The van der Waals surface area contributed by atoms with Crippen LogP contribution in [0.15, 0.2) is 101 Å². The minimum atomic E-state index is -4.22. The summed E-state index contributed by atoms with van der Waals surface area (Å²) in [4.78, 5) is 13.1. The first-order valence-corrected chi connectivity index (χ1v) is 16.3. The van der Waals surface area contributed by atoms with Gasteiger partial charge < -0.3 is 10.1 Å². The summed E-state index contributed by atoms with van der Waals surface area (Å²) in [6.45, 7) is 3.14. The molecule has 13 heteroatoms. The summed E-state index contributed by atoms with van der Waals surface area (Å²) in [7, 11) is -8.17. The second-order valence-electron chi connectivity index (χ2n) is 8.96. The van der Waals surface area contributed by atoms with Crippen LogP contribution in [-0.4, -0.2) is 35.9 Å². The molecule has 0 unspecified atom stereocenters. The Hall–Kier alpha value is -3.77. The number of hydrogen-bond donors (Lipinski definition) is 2. The Bertz CT molecular complexity index is 1800. The molecule has 0 saturated heterocycles. The van der Waals surface area contributed by atoms with Gasteiger partial charge >= 0.3 is 0 Å². The fraction of sp³-hybridized carbons (Fsp3) is 0.138. The number of anilines is 3. The SMILES string of the molecule is CCOc1ccccc1N(CC(=O)Nc1ccc(S(=O)(=O)Nc2cccc(Cl)c2C)cc1)S(=O)(=O)c1ccc(Cl)cc1. The van der Waals surface area contributed by atoms with Crippen molar-refractivity contribution in [2.45, 2.75) is 23.6 Å². The van der Waals surface area contributed by atoms with E-state index in [1.54, 1.807) is 56.3 Å². The van der Waals surface area contributed by atoms with E-state index in [4.69, 9.17) is 27.9 Å². The quantitative estimate of drug-likeness (QED) is 0.196. The molecular weight excluding hydrogens is 621 g/mol. The lowest BCUT2D eigenvalue weighted by atomic mass is 10.2. The molecule has 2 N–H and O–H groups in total. The van der Waals surface area contributed by atoms with Crippen LogP contribution in [0.3, 0.4) is 0 Å². The highest BCUT2D eigenvalue weighted by Gasteiger charge is 2.29. The van der Waals surface area contributed by atoms with Gasteiger partial charge in [0.05, 0.1) is 27.8 Å². The van der Waals surface area contributed by atoms with E-state index in [1.165, 1.54) is 48.5 Å². The topological polar surface area (TPSA) is 122 Å². The molecular formula is C29H27Cl2N3O6S2. The van der Waals surface area contributed by atoms with Crippen molar-refractivity contribution in [2.75, 3.05) is 27.5 Å². The van der Waals surface area contributed by atoms with E-state index in [9.17, 15) is 21.6 Å². The van der Waals surface area contributed by atoms with Gasteiger partial charge in [0.15, 0.2) is 0 Å². The number of carbonyl (C=O) groups excluding carboxylic acids is 1. The smallest absolute Gasteiger partial charge is 0.264 e. The average molecular weight is 649 g/mol. The van der Waals surface area contributed by atoms with Crippen molar-refractivity contribution in [3.63, 3.8) is 0 Å². The lowest BCUT2D eigenvalue weighted by Crippen LogP contribution is -2.38. The van der Waals surface area contributed by atoms with Crippen LogP contribution in [0.4, 0.5) is 17.1 Å². The Kier molecular flexibility index (Phi) is 9.67. The molecule has 0 saturated carbocycles. The van der Waals surface area contributed by atoms with Crippen LogP contribution in [-0.2, 0) is 24.8 Å². The maximum atomic E-state index is 13.7. The summed E-state index contributed by atoms with van der Waals surface area (Å²) in [5, 5.41) is 3.41. The van der Waals surface area contributed by atoms with Gasteiger partial charge in [-0.05, 0) is 92.2 Å². The van der Waals surface area contributed by atoms with E-state index in [1.807, 2.05) is 0 Å². The Labute approximate surface area is 255 Å². The summed E-state index contributed by atoms with van der Waals surface area (Å²) in [6.07, 6.45) is 0. The maximum absolute atomic E-state index is 13.7. The molecule has 0 aliphatic carbocycles. The molecule has 42 heavy (non-hydrogen) atoms. The summed E-state index contributed by atoms with van der Waals surface area (Å²) in [6, 6.07) is 22.4. The minimum Gasteiger partial charge on any atom is -0.492 e. The zero-order valence-electron chi connectivity index (χ0n) is 22.5. The van der Waals surface area contributed by atoms with E-state index in [2.05, 4.69) is 10.0 Å². The van der Waals surface area contributed by atoms with Gasteiger partial charge in [0.1, 0.15) is 12.3 Å². The highest BCUT2D eigenvalue weighted by Crippen LogP contribution is 2.33. The van der Waals surface area contributed by atoms with Crippen molar-refractivity contribution in [1.82, 2.24) is 0 Å². The number of rotatable bonds is 11. The first-order chi connectivity index (χ1) is 19.9. The van der Waals surface area contributed by atoms with Crippen LogP contribution in [0.25, 0.3) is 0 Å². The molecule has 0 atom stereocenters. The Balaban J connectivity index is 1.57. The van der Waals surface area contributed by atoms with Gasteiger partial charge in [0, 0.05) is 15.7 Å². The predicted molar refractivity (Wildman–Crippen MR) is 166 cm³/mol. The van der Waals surface area contributed by atoms with Crippen molar-refractivity contribution < 1.29 is 26.4 Å². The van der Waals surface area contributed by atoms with Crippen molar-refractivity contribution in [2.24, 2.45) is 0 Å². The van der Waals surface area contributed by atoms with E-state index in [0.717, 1.165) is 4.31 Å². The zero-order chi connectivity index (χ0) is 30.5. The summed E-state index contributed by atoms with van der Waals surface area (Å²) in [5.74, 6) is -0.385. The number of amides is 1. The largest absolute Gasteiger partial charge is 0.492 e. The fourth-order valence-electron chi connectivity index (χ4n) is 3.94. The molecule has 4 aromatic carbocycles. The number of nitrogens with one attached hydrogen (secondary N) is 2. The minimum absolute atomic E-state index is 0.0440. The lowest BCUT2D eigenvalue weighted by molar-refractivity contribution is -0.114. The number of para-hydroxylation sites is 2. The number of benzene rings is 4. The van der Waals surface area contributed by atoms with Gasteiger partial charge in [-0.2, -0.15) is 0 Å². The molecule has 0 heterocycles. The number of carbonyl (C=O) groups is 1. The molecule has 4 aromatic rings. The third-order valence-electron chi connectivity index (χ3n) is 6.08. The Morgan fingerprint density at radius 2 is 1.48 bits per heavy atom. The molecule has 0 radical (unpaired) electrons. The van der Waals surface area contributed by atoms with Crippen LogP contribution in [0.5, 0.6) is 5.75 Å². The van der Waals surface area contributed by atoms with Crippen LogP contribution >= 0.6 is 23.2 Å². The first kappa shape index (κ1) is 31.2. The normalized spacial score (nSPS) is 11.5. The summed E-state index contributed by atoms with van der Waals surface area (Å²) < 4.78 is 62.3. The number of hydrogen-bond acceptors (Lipinski definition) is 6. The van der Waals surface area contributed by atoms with Crippen LogP contribution in [0.1, 0.15) is 12.5 Å². The molecule has 0 bridgehead atoms. The standard InChI is InChI=1S/C29H27Cl2N3O6S2/c1-3-40-28-10-5-4-9-27(28)34(42(38,39)24-15-11-21(30)12-16-24)19-29(35)32-22-13-17-23(18-14-22)41(36,37)33-26-8-6-7-25(31)20(26)2/h4-18,33H,3,19H2,1-2H3,(H,32,35). The van der Waals surface area contributed by atoms with Gasteiger partial charge in [0.25, 0.3) is 20.0 Å². The number of nitrogens with zero attached hydrogens (tertiary/aromatic N) is 1. The molecule has 1 amide bonds. The number of sulfonamides is 2. The highest BCUT2D eigenvalue weighted by atomic mass is 35.5. The number of halogens is 2. The summed E-state index contributed by atoms with van der Waals surface area (Å²) >= 11 is 12.1. The predicted octanol–water partition coefficient (Wildman–Crippen LogP) is 6.34. The van der Waals surface area contributed by atoms with Crippen LogP contribution < -0.4 is 19.1 Å². The average Bonchev–Trinajstić information content (AvgIpc) is 2.95. The second kappa shape index (κ2) is 13.0. The molecule has 9 nitrogen and oxygen atoms in total. The third-order valence-corrected chi connectivity index (χ3v) is 9.90. The van der Waals surface area contributed by atoms with Gasteiger partial charge in [-0.15, -0.1) is 0 Å². The molecule has 0 fully saturated rings. The molecule has 4 rings (SSSR count). The van der Waals surface area contributed by atoms with Crippen molar-refractivity contribution in [1.29, 1.82) is 0 Å². The number of ether oxygens (including phenoxy) is 1. The molecule has 0 aliphatic rings. The first-order valence-electron chi connectivity index (χ1n) is 12.6. The second-order valence-corrected chi connectivity index (χ2v) is 13.3.